The van der Waals surface area contributed by atoms with Crippen LogP contribution in [0.3, 0.4) is 0 Å². The second-order valence-electron chi connectivity index (χ2n) is 3.18. The van der Waals surface area contributed by atoms with Gasteiger partial charge in [0.15, 0.2) is 0 Å². The maximum atomic E-state index is 11.2. The van der Waals surface area contributed by atoms with Crippen LogP contribution in [0, 0.1) is 5.92 Å². The van der Waals surface area contributed by atoms with Crippen molar-refractivity contribution in [2.24, 2.45) is 10.9 Å². The molecule has 2 aliphatic rings. The van der Waals surface area contributed by atoms with Gasteiger partial charge in [0.25, 0.3) is 5.91 Å². The Bertz CT molecular complexity index is 416. The van der Waals surface area contributed by atoms with Crippen molar-refractivity contribution in [3.05, 3.63) is 35.8 Å². The maximum Gasteiger partial charge on any atom is 0.269 e. The number of hydrogen-bond donors (Lipinski definition) is 0. The molecule has 1 amide bonds. The van der Waals surface area contributed by atoms with Gasteiger partial charge in [0.1, 0.15) is 17.2 Å². The second-order valence-corrected chi connectivity index (χ2v) is 3.18. The van der Waals surface area contributed by atoms with Crippen LogP contribution in [0.1, 0.15) is 0 Å². The number of amides is 1. The summed E-state index contributed by atoms with van der Waals surface area (Å²) in [5, 5.41) is 0. The quantitative estimate of drug-likeness (QED) is 0.680. The Morgan fingerprint density at radius 1 is 1.27 bits per heavy atom. The summed E-state index contributed by atoms with van der Waals surface area (Å²) in [5.74, 6) is 1.01. The van der Waals surface area contributed by atoms with Crippen molar-refractivity contribution in [3.8, 4) is 0 Å². The molecule has 0 fully saturated rings. The number of dihydropyridines is 1. The van der Waals surface area contributed by atoms with Crippen molar-refractivity contribution in [1.29, 1.82) is 0 Å². The van der Waals surface area contributed by atoms with Gasteiger partial charge in [-0.15, -0.1) is 0 Å². The van der Waals surface area contributed by atoms with E-state index in [2.05, 4.69) is 4.99 Å². The first-order valence-electron chi connectivity index (χ1n) is 4.57. The standard InChI is InChI=1S/C11H11NO3/c1-14-8-4-5-9(15-2)11-7(8)3-6-10(13)12-11/h3-7H,1-2H3. The van der Waals surface area contributed by atoms with Gasteiger partial charge in [0, 0.05) is 6.08 Å². The van der Waals surface area contributed by atoms with Crippen molar-refractivity contribution in [2.75, 3.05) is 14.2 Å². The minimum atomic E-state index is -0.262. The number of aliphatic imine (C=N–C) groups is 1. The van der Waals surface area contributed by atoms with Crippen molar-refractivity contribution in [2.45, 2.75) is 0 Å². The Hall–Kier alpha value is -1.84. The predicted octanol–water partition coefficient (Wildman–Crippen LogP) is 1.21. The number of carbonyl (C=O) groups excluding carboxylic acids is 1. The average molecular weight is 205 g/mol. The van der Waals surface area contributed by atoms with Gasteiger partial charge in [-0.1, -0.05) is 6.08 Å². The molecule has 78 valence electrons. The largest absolute Gasteiger partial charge is 0.500 e. The summed E-state index contributed by atoms with van der Waals surface area (Å²) >= 11 is 0. The molecule has 0 radical (unpaired) electrons. The molecule has 15 heavy (non-hydrogen) atoms. The lowest BCUT2D eigenvalue weighted by Gasteiger charge is -2.24. The van der Waals surface area contributed by atoms with Crippen LogP contribution in [0.2, 0.25) is 0 Å². The van der Waals surface area contributed by atoms with E-state index < -0.39 is 0 Å². The smallest absolute Gasteiger partial charge is 0.269 e. The molecule has 4 heteroatoms. The zero-order valence-corrected chi connectivity index (χ0v) is 8.56. The Kier molecular flexibility index (Phi) is 2.41. The molecule has 2 rings (SSSR count). The van der Waals surface area contributed by atoms with Gasteiger partial charge in [-0.25, -0.2) is 4.99 Å². The molecule has 0 aromatic rings. The van der Waals surface area contributed by atoms with Crippen LogP contribution in [-0.2, 0) is 14.3 Å². The Balaban J connectivity index is 2.44. The zero-order chi connectivity index (χ0) is 10.8. The van der Waals surface area contributed by atoms with Crippen LogP contribution < -0.4 is 0 Å². The monoisotopic (exact) mass is 205 g/mol. The number of nitrogens with zero attached hydrogens (tertiary/aromatic N) is 1. The number of hydrogen-bond acceptors (Lipinski definition) is 3. The first-order chi connectivity index (χ1) is 7.26. The highest BCUT2D eigenvalue weighted by Gasteiger charge is 2.29. The SMILES string of the molecule is COC1=CC=C(OC)C2C=CC(=O)N=C12. The number of ether oxygens (including phenoxy) is 2. The van der Waals surface area contributed by atoms with Crippen LogP contribution in [0.15, 0.2) is 40.8 Å². The number of methoxy groups -OCH3 is 2. The molecule has 1 heterocycles. The molecule has 0 aromatic heterocycles. The van der Waals surface area contributed by atoms with E-state index in [1.165, 1.54) is 6.08 Å². The normalized spacial score (nSPS) is 23.7. The van der Waals surface area contributed by atoms with E-state index in [0.717, 1.165) is 5.76 Å². The molecule has 0 aromatic carbocycles. The Morgan fingerprint density at radius 2 is 2.07 bits per heavy atom. The van der Waals surface area contributed by atoms with Crippen molar-refractivity contribution in [1.82, 2.24) is 0 Å². The number of rotatable bonds is 2. The van der Waals surface area contributed by atoms with E-state index in [1.807, 2.05) is 6.08 Å². The van der Waals surface area contributed by atoms with Gasteiger partial charge in [0.2, 0.25) is 0 Å². The highest BCUT2D eigenvalue weighted by molar-refractivity contribution is 6.13. The van der Waals surface area contributed by atoms with Crippen molar-refractivity contribution >= 4 is 11.6 Å². The molecule has 1 aliphatic heterocycles. The molecule has 4 nitrogen and oxygen atoms in total. The van der Waals surface area contributed by atoms with Crippen LogP contribution in [-0.4, -0.2) is 25.8 Å². The van der Waals surface area contributed by atoms with Crippen LogP contribution in [0.4, 0.5) is 0 Å². The third-order valence-corrected chi connectivity index (χ3v) is 2.37. The zero-order valence-electron chi connectivity index (χ0n) is 8.56. The minimum Gasteiger partial charge on any atom is -0.500 e. The summed E-state index contributed by atoms with van der Waals surface area (Å²) in [6, 6.07) is 0. The van der Waals surface area contributed by atoms with E-state index in [9.17, 15) is 4.79 Å². The molecule has 0 saturated carbocycles. The van der Waals surface area contributed by atoms with Gasteiger partial charge < -0.3 is 9.47 Å². The Morgan fingerprint density at radius 3 is 2.73 bits per heavy atom. The molecule has 1 unspecified atom stereocenters. The summed E-state index contributed by atoms with van der Waals surface area (Å²) in [7, 11) is 3.15. The lowest BCUT2D eigenvalue weighted by Crippen LogP contribution is -2.25. The lowest BCUT2D eigenvalue weighted by atomic mass is 9.92. The Labute approximate surface area is 87.6 Å². The highest BCUT2D eigenvalue weighted by Crippen LogP contribution is 2.27. The number of allylic oxidation sites excluding steroid dienone is 4. The second kappa shape index (κ2) is 3.73. The molecule has 1 aliphatic carbocycles. The molecule has 0 N–H and O–H groups in total. The summed E-state index contributed by atoms with van der Waals surface area (Å²) in [6.45, 7) is 0. The lowest BCUT2D eigenvalue weighted by molar-refractivity contribution is -0.113. The van der Waals surface area contributed by atoms with Gasteiger partial charge >= 0.3 is 0 Å². The average Bonchev–Trinajstić information content (AvgIpc) is 2.27. The molecular weight excluding hydrogens is 194 g/mol. The van der Waals surface area contributed by atoms with E-state index in [0.29, 0.717) is 11.5 Å². The molecule has 0 saturated heterocycles. The van der Waals surface area contributed by atoms with Gasteiger partial charge in [-0.2, -0.15) is 0 Å². The summed E-state index contributed by atoms with van der Waals surface area (Å²) in [6.07, 6.45) is 6.79. The first kappa shape index (κ1) is 9.71. The minimum absolute atomic E-state index is 0.104. The van der Waals surface area contributed by atoms with Crippen LogP contribution in [0.5, 0.6) is 0 Å². The molecule has 0 spiro atoms. The summed E-state index contributed by atoms with van der Waals surface area (Å²) < 4.78 is 10.4. The molecule has 1 atom stereocenters. The first-order valence-corrected chi connectivity index (χ1v) is 4.57. The topological polar surface area (TPSA) is 47.9 Å². The number of fused-ring (bicyclic) bond motifs is 1. The van der Waals surface area contributed by atoms with Gasteiger partial charge in [0.05, 0.1) is 20.1 Å². The van der Waals surface area contributed by atoms with Crippen LogP contribution in [0.25, 0.3) is 0 Å². The maximum absolute atomic E-state index is 11.2. The number of carbonyl (C=O) groups is 1. The van der Waals surface area contributed by atoms with E-state index in [1.54, 1.807) is 26.4 Å². The van der Waals surface area contributed by atoms with E-state index >= 15 is 0 Å². The predicted molar refractivity (Wildman–Crippen MR) is 55.3 cm³/mol. The van der Waals surface area contributed by atoms with Crippen molar-refractivity contribution in [3.63, 3.8) is 0 Å². The third-order valence-electron chi connectivity index (χ3n) is 2.37. The van der Waals surface area contributed by atoms with Gasteiger partial charge in [-0.3, -0.25) is 4.79 Å². The fourth-order valence-corrected chi connectivity index (χ4v) is 1.65. The summed E-state index contributed by atoms with van der Waals surface area (Å²) in [5.41, 5.74) is 0.615. The van der Waals surface area contributed by atoms with Crippen molar-refractivity contribution < 1.29 is 14.3 Å². The van der Waals surface area contributed by atoms with E-state index in [-0.39, 0.29) is 11.8 Å². The third kappa shape index (κ3) is 1.58. The van der Waals surface area contributed by atoms with Gasteiger partial charge in [-0.05, 0) is 12.2 Å². The fourth-order valence-electron chi connectivity index (χ4n) is 1.65. The molecular formula is C11H11NO3. The fraction of sp³-hybridized carbons (Fsp3) is 0.273. The highest BCUT2D eigenvalue weighted by atomic mass is 16.5. The van der Waals surface area contributed by atoms with Crippen LogP contribution >= 0.6 is 0 Å². The summed E-state index contributed by atoms with van der Waals surface area (Å²) in [4.78, 5) is 15.1. The van der Waals surface area contributed by atoms with E-state index in [4.69, 9.17) is 9.47 Å². The molecule has 0 bridgehead atoms.